The Morgan fingerprint density at radius 1 is 1.12 bits per heavy atom. The largest absolute Gasteiger partial charge is 0.438 e. The third kappa shape index (κ3) is 6.69. The quantitative estimate of drug-likeness (QED) is 0.352. The summed E-state index contributed by atoms with van der Waals surface area (Å²) in [5.74, 6) is -0.401. The highest BCUT2D eigenvalue weighted by molar-refractivity contribution is 7.52. The van der Waals surface area contributed by atoms with Crippen molar-refractivity contribution in [3.63, 3.8) is 0 Å². The molecule has 1 amide bonds. The molecule has 0 unspecified atom stereocenters. The maximum absolute atomic E-state index is 13.5. The maximum Gasteiger partial charge on any atom is 0.438 e. The monoisotopic (exact) mass is 391 g/mol. The normalized spacial score (nSPS) is 12.7. The minimum atomic E-state index is -3.83. The van der Waals surface area contributed by atoms with Gasteiger partial charge in [-0.3, -0.25) is 13.8 Å². The van der Waals surface area contributed by atoms with Gasteiger partial charge in [-0.2, -0.15) is 11.1 Å². The Bertz CT molecular complexity index is 575. The van der Waals surface area contributed by atoms with Gasteiger partial charge in [-0.15, -0.1) is 0 Å². The molecule has 0 aliphatic heterocycles. The lowest BCUT2D eigenvalue weighted by Gasteiger charge is -2.34. The van der Waals surface area contributed by atoms with Gasteiger partial charge < -0.3 is 0 Å². The second-order valence-electron chi connectivity index (χ2n) is 6.72. The standard InChI is InChI=1S/C16H27ClNO4PSi/c1-13(2)21-23(20,22-14(3)4)18(12-24(5,6)17)16(19)15-10-8-7-9-11-15/h7-11,13-14H,12H2,1-6H3. The fraction of sp³-hybridized carbons (Fsp3) is 0.562. The molecule has 0 radical (unpaired) electrons. The molecule has 5 nitrogen and oxygen atoms in total. The summed E-state index contributed by atoms with van der Waals surface area (Å²) in [4.78, 5) is 13.0. The van der Waals surface area contributed by atoms with Crippen LogP contribution in [0, 0.1) is 0 Å². The molecule has 0 bridgehead atoms. The Labute approximate surface area is 150 Å². The molecule has 24 heavy (non-hydrogen) atoms. The van der Waals surface area contributed by atoms with Crippen LogP contribution in [-0.2, 0) is 13.6 Å². The van der Waals surface area contributed by atoms with E-state index in [1.54, 1.807) is 52.0 Å². The van der Waals surface area contributed by atoms with Crippen molar-refractivity contribution in [2.45, 2.75) is 53.0 Å². The van der Waals surface area contributed by atoms with Crippen LogP contribution < -0.4 is 0 Å². The summed E-state index contributed by atoms with van der Waals surface area (Å²) in [5, 5.41) is 0. The van der Waals surface area contributed by atoms with E-state index in [-0.39, 0.29) is 18.4 Å². The summed E-state index contributed by atoms with van der Waals surface area (Å²) in [6.07, 6.45) is -0.555. The lowest BCUT2D eigenvalue weighted by Crippen LogP contribution is -2.42. The molecule has 0 atom stereocenters. The van der Waals surface area contributed by atoms with E-state index < -0.39 is 21.0 Å². The average molecular weight is 392 g/mol. The molecule has 0 aromatic heterocycles. The molecule has 0 N–H and O–H groups in total. The highest BCUT2D eigenvalue weighted by atomic mass is 35.6. The number of nitrogens with zero attached hydrogens (tertiary/aromatic N) is 1. The number of carbonyl (C=O) groups excluding carboxylic acids is 1. The minimum absolute atomic E-state index is 0.166. The Kier molecular flexibility index (Phi) is 7.69. The second kappa shape index (κ2) is 8.63. The van der Waals surface area contributed by atoms with E-state index in [1.807, 2.05) is 19.2 Å². The van der Waals surface area contributed by atoms with Crippen molar-refractivity contribution < 1.29 is 18.4 Å². The molecule has 0 aliphatic rings. The lowest BCUT2D eigenvalue weighted by atomic mass is 10.2. The maximum atomic E-state index is 13.5. The number of benzene rings is 1. The molecule has 8 heteroatoms. The van der Waals surface area contributed by atoms with Gasteiger partial charge in [0.25, 0.3) is 5.91 Å². The number of halogens is 1. The summed E-state index contributed by atoms with van der Waals surface area (Å²) < 4.78 is 25.8. The second-order valence-corrected chi connectivity index (χ2v) is 15.4. The Morgan fingerprint density at radius 2 is 1.58 bits per heavy atom. The molecule has 1 aromatic carbocycles. The Morgan fingerprint density at radius 3 is 1.96 bits per heavy atom. The van der Waals surface area contributed by atoms with Gasteiger partial charge in [0.05, 0.1) is 12.2 Å². The van der Waals surface area contributed by atoms with Gasteiger partial charge in [-0.25, -0.2) is 9.24 Å². The van der Waals surface area contributed by atoms with Crippen LogP contribution in [0.1, 0.15) is 38.1 Å². The smallest absolute Gasteiger partial charge is 0.289 e. The Balaban J connectivity index is 3.32. The molecular formula is C16H27ClNO4PSi. The number of amides is 1. The van der Waals surface area contributed by atoms with Crippen LogP contribution in [0.2, 0.25) is 13.1 Å². The first kappa shape index (κ1) is 21.4. The van der Waals surface area contributed by atoms with E-state index in [0.29, 0.717) is 5.56 Å². The van der Waals surface area contributed by atoms with Gasteiger partial charge in [0.15, 0.2) is 7.38 Å². The van der Waals surface area contributed by atoms with Crippen molar-refractivity contribution in [3.05, 3.63) is 35.9 Å². The zero-order chi connectivity index (χ0) is 18.5. The van der Waals surface area contributed by atoms with Crippen LogP contribution in [0.5, 0.6) is 0 Å². The topological polar surface area (TPSA) is 55.8 Å². The van der Waals surface area contributed by atoms with Gasteiger partial charge in [-0.1, -0.05) is 31.3 Å². The molecule has 1 aromatic rings. The molecule has 0 heterocycles. The van der Waals surface area contributed by atoms with E-state index in [4.69, 9.17) is 20.1 Å². The van der Waals surface area contributed by atoms with Crippen molar-refractivity contribution in [3.8, 4) is 0 Å². The fourth-order valence-corrected chi connectivity index (χ4v) is 6.93. The first-order valence-corrected chi connectivity index (χ1v) is 13.7. The lowest BCUT2D eigenvalue weighted by molar-refractivity contribution is 0.0736. The summed E-state index contributed by atoms with van der Waals surface area (Å²) in [6.45, 7) is 10.8. The molecule has 0 saturated heterocycles. The first-order valence-electron chi connectivity index (χ1n) is 7.98. The predicted molar refractivity (Wildman–Crippen MR) is 101 cm³/mol. The van der Waals surface area contributed by atoms with Crippen molar-refractivity contribution in [1.82, 2.24) is 4.67 Å². The van der Waals surface area contributed by atoms with E-state index in [1.165, 1.54) is 4.67 Å². The van der Waals surface area contributed by atoms with Crippen molar-refractivity contribution in [1.29, 1.82) is 0 Å². The van der Waals surface area contributed by atoms with Gasteiger partial charge >= 0.3 is 7.75 Å². The highest BCUT2D eigenvalue weighted by Crippen LogP contribution is 2.55. The van der Waals surface area contributed by atoms with Crippen LogP contribution in [0.4, 0.5) is 0 Å². The van der Waals surface area contributed by atoms with Crippen LogP contribution in [0.3, 0.4) is 0 Å². The van der Waals surface area contributed by atoms with Crippen LogP contribution >= 0.6 is 18.8 Å². The van der Waals surface area contributed by atoms with E-state index in [2.05, 4.69) is 0 Å². The SMILES string of the molecule is CC(C)OP(=O)(OC(C)C)N(C[Si](C)(C)Cl)C(=O)c1ccccc1. The van der Waals surface area contributed by atoms with E-state index in [9.17, 15) is 9.36 Å². The summed E-state index contributed by atoms with van der Waals surface area (Å²) in [6, 6.07) is 8.68. The molecule has 136 valence electrons. The van der Waals surface area contributed by atoms with Gasteiger partial charge in [-0.05, 0) is 39.8 Å². The highest BCUT2D eigenvalue weighted by Gasteiger charge is 2.42. The van der Waals surface area contributed by atoms with Crippen LogP contribution in [0.25, 0.3) is 0 Å². The number of hydrogen-bond donors (Lipinski definition) is 0. The van der Waals surface area contributed by atoms with Crippen LogP contribution in [-0.4, -0.2) is 36.3 Å². The van der Waals surface area contributed by atoms with E-state index in [0.717, 1.165) is 0 Å². The first-order chi connectivity index (χ1) is 10.9. The summed E-state index contributed by atoms with van der Waals surface area (Å²) in [7, 11) is -6.11. The molecular weight excluding hydrogens is 365 g/mol. The number of carbonyl (C=O) groups is 1. The van der Waals surface area contributed by atoms with Gasteiger partial charge in [0, 0.05) is 11.7 Å². The van der Waals surface area contributed by atoms with Crippen molar-refractivity contribution in [2.75, 3.05) is 6.17 Å². The molecule has 0 saturated carbocycles. The zero-order valence-electron chi connectivity index (χ0n) is 15.2. The predicted octanol–water partition coefficient (Wildman–Crippen LogP) is 5.07. The van der Waals surface area contributed by atoms with E-state index >= 15 is 0 Å². The third-order valence-electron chi connectivity index (χ3n) is 2.76. The number of hydrogen-bond acceptors (Lipinski definition) is 4. The summed E-state index contributed by atoms with van der Waals surface area (Å²) in [5.41, 5.74) is 0.423. The number of rotatable bonds is 8. The molecule has 0 spiro atoms. The molecule has 0 fully saturated rings. The Hall–Kier alpha value is -0.653. The van der Waals surface area contributed by atoms with Gasteiger partial charge in [0.2, 0.25) is 0 Å². The van der Waals surface area contributed by atoms with Crippen molar-refractivity contribution >= 4 is 32.1 Å². The van der Waals surface area contributed by atoms with Gasteiger partial charge in [0.1, 0.15) is 0 Å². The van der Waals surface area contributed by atoms with Crippen molar-refractivity contribution in [2.24, 2.45) is 0 Å². The molecule has 1 rings (SSSR count). The zero-order valence-corrected chi connectivity index (χ0v) is 17.8. The fourth-order valence-electron chi connectivity index (χ4n) is 2.03. The average Bonchev–Trinajstić information content (AvgIpc) is 2.42. The minimum Gasteiger partial charge on any atom is -0.289 e. The summed E-state index contributed by atoms with van der Waals surface area (Å²) >= 11 is 6.45. The molecule has 0 aliphatic carbocycles. The third-order valence-corrected chi connectivity index (χ3v) is 6.75. The van der Waals surface area contributed by atoms with Crippen LogP contribution in [0.15, 0.2) is 30.3 Å².